The molecule has 0 saturated heterocycles. The van der Waals surface area contributed by atoms with Crippen molar-refractivity contribution in [2.45, 2.75) is 13.0 Å². The van der Waals surface area contributed by atoms with Crippen LogP contribution in [0.4, 0.5) is 5.69 Å². The van der Waals surface area contributed by atoms with E-state index < -0.39 is 6.04 Å². The number of hydrogen-bond donors (Lipinski definition) is 2. The molecule has 0 aliphatic rings. The van der Waals surface area contributed by atoms with Gasteiger partial charge < -0.3 is 10.4 Å². The lowest BCUT2D eigenvalue weighted by Gasteiger charge is -2.12. The minimum atomic E-state index is -0.454. The van der Waals surface area contributed by atoms with Crippen molar-refractivity contribution in [1.82, 2.24) is 14.8 Å². The van der Waals surface area contributed by atoms with Gasteiger partial charge in [0.25, 0.3) is 0 Å². The number of hydrogen-bond acceptors (Lipinski definition) is 4. The van der Waals surface area contributed by atoms with Crippen LogP contribution in [0.2, 0.25) is 0 Å². The third-order valence-corrected chi connectivity index (χ3v) is 2.65. The first-order valence-electron chi connectivity index (χ1n) is 6.05. The zero-order valence-corrected chi connectivity index (χ0v) is 10.9. The Morgan fingerprint density at radius 2 is 2.40 bits per heavy atom. The van der Waals surface area contributed by atoms with Gasteiger partial charge in [-0.05, 0) is 25.1 Å². The van der Waals surface area contributed by atoms with E-state index in [1.807, 2.05) is 0 Å². The highest BCUT2D eigenvalue weighted by Crippen LogP contribution is 2.12. The molecule has 1 aromatic heterocycles. The molecular weight excluding hydrogens is 256 g/mol. The summed E-state index contributed by atoms with van der Waals surface area (Å²) in [4.78, 5) is 15.9. The summed E-state index contributed by atoms with van der Waals surface area (Å²) in [5, 5.41) is 15.4. The van der Waals surface area contributed by atoms with Gasteiger partial charge in [-0.2, -0.15) is 5.10 Å². The van der Waals surface area contributed by atoms with Crippen LogP contribution in [0.25, 0.3) is 0 Å². The number of rotatable bonds is 3. The van der Waals surface area contributed by atoms with Crippen LogP contribution in [0.3, 0.4) is 0 Å². The number of nitrogens with zero attached hydrogens (tertiary/aromatic N) is 3. The van der Waals surface area contributed by atoms with Gasteiger partial charge in [0, 0.05) is 11.3 Å². The highest BCUT2D eigenvalue weighted by Gasteiger charge is 2.15. The topological polar surface area (TPSA) is 80.0 Å². The van der Waals surface area contributed by atoms with Crippen molar-refractivity contribution >= 4 is 11.6 Å². The smallest absolute Gasteiger partial charge is 0.249 e. The quantitative estimate of drug-likeness (QED) is 0.809. The van der Waals surface area contributed by atoms with Gasteiger partial charge in [-0.1, -0.05) is 17.9 Å². The average molecular weight is 270 g/mol. The highest BCUT2D eigenvalue weighted by molar-refractivity contribution is 5.93. The lowest BCUT2D eigenvalue weighted by molar-refractivity contribution is -0.119. The van der Waals surface area contributed by atoms with Crippen molar-refractivity contribution in [2.75, 3.05) is 11.9 Å². The van der Waals surface area contributed by atoms with Crippen molar-refractivity contribution < 1.29 is 9.90 Å². The molecule has 6 heteroatoms. The van der Waals surface area contributed by atoms with Gasteiger partial charge in [0.1, 0.15) is 25.3 Å². The summed E-state index contributed by atoms with van der Waals surface area (Å²) in [7, 11) is 0. The number of anilines is 1. The highest BCUT2D eigenvalue weighted by atomic mass is 16.2. The standard InChI is InChI=1S/C14H14N4O2/c1-11(18-10-15-9-16-18)14(20)17-13-6-2-4-12(8-13)5-3-7-19/h2,4,6,8-11,19H,7H2,1H3,(H,17,20). The Bertz CT molecular complexity index is 641. The molecule has 0 spiro atoms. The van der Waals surface area contributed by atoms with E-state index >= 15 is 0 Å². The molecule has 0 aliphatic carbocycles. The molecule has 1 heterocycles. The van der Waals surface area contributed by atoms with Crippen molar-refractivity contribution in [3.05, 3.63) is 42.5 Å². The summed E-state index contributed by atoms with van der Waals surface area (Å²) < 4.78 is 1.48. The van der Waals surface area contributed by atoms with E-state index in [9.17, 15) is 4.79 Å². The predicted octanol–water partition coefficient (Wildman–Crippen LogP) is 0.822. The number of carbonyl (C=O) groups is 1. The fraction of sp³-hybridized carbons (Fsp3) is 0.214. The second kappa shape index (κ2) is 6.50. The molecule has 2 N–H and O–H groups in total. The van der Waals surface area contributed by atoms with Gasteiger partial charge in [-0.3, -0.25) is 4.79 Å². The fourth-order valence-electron chi connectivity index (χ4n) is 1.60. The summed E-state index contributed by atoms with van der Waals surface area (Å²) in [6.07, 6.45) is 2.88. The Morgan fingerprint density at radius 3 is 3.10 bits per heavy atom. The first-order chi connectivity index (χ1) is 9.70. The molecule has 0 saturated carbocycles. The summed E-state index contributed by atoms with van der Waals surface area (Å²) >= 11 is 0. The minimum absolute atomic E-state index is 0.192. The van der Waals surface area contributed by atoms with E-state index in [1.54, 1.807) is 31.2 Å². The van der Waals surface area contributed by atoms with Gasteiger partial charge in [-0.25, -0.2) is 9.67 Å². The van der Waals surface area contributed by atoms with Gasteiger partial charge in [0.05, 0.1) is 0 Å². The van der Waals surface area contributed by atoms with Gasteiger partial charge >= 0.3 is 0 Å². The maximum Gasteiger partial charge on any atom is 0.249 e. The van der Waals surface area contributed by atoms with Crippen LogP contribution < -0.4 is 5.32 Å². The van der Waals surface area contributed by atoms with Crippen LogP contribution in [0.1, 0.15) is 18.5 Å². The van der Waals surface area contributed by atoms with E-state index in [4.69, 9.17) is 5.11 Å². The minimum Gasteiger partial charge on any atom is -0.384 e. The molecule has 0 bridgehead atoms. The van der Waals surface area contributed by atoms with Crippen molar-refractivity contribution in [1.29, 1.82) is 0 Å². The summed E-state index contributed by atoms with van der Waals surface area (Å²) in [6.45, 7) is 1.54. The predicted molar refractivity (Wildman–Crippen MR) is 73.8 cm³/mol. The molecule has 1 atom stereocenters. The second-order valence-electron chi connectivity index (χ2n) is 4.08. The van der Waals surface area contributed by atoms with Crippen LogP contribution in [-0.4, -0.2) is 32.4 Å². The Kier molecular flexibility index (Phi) is 4.47. The number of benzene rings is 1. The molecule has 2 aromatic rings. The average Bonchev–Trinajstić information content (AvgIpc) is 2.98. The van der Waals surface area contributed by atoms with Crippen LogP contribution in [0.5, 0.6) is 0 Å². The summed E-state index contributed by atoms with van der Waals surface area (Å²) in [6, 6.07) is 6.66. The van der Waals surface area contributed by atoms with E-state index in [0.29, 0.717) is 5.69 Å². The Labute approximate surface area is 116 Å². The van der Waals surface area contributed by atoms with Crippen LogP contribution >= 0.6 is 0 Å². The molecule has 0 fully saturated rings. The van der Waals surface area contributed by atoms with Crippen LogP contribution in [-0.2, 0) is 4.79 Å². The van der Waals surface area contributed by atoms with Crippen molar-refractivity contribution in [3.63, 3.8) is 0 Å². The molecule has 0 radical (unpaired) electrons. The molecular formula is C14H14N4O2. The molecule has 1 unspecified atom stereocenters. The Morgan fingerprint density at radius 1 is 1.55 bits per heavy atom. The molecule has 1 amide bonds. The lowest BCUT2D eigenvalue weighted by atomic mass is 10.2. The number of amides is 1. The molecule has 1 aromatic carbocycles. The van der Waals surface area contributed by atoms with Crippen molar-refractivity contribution in [3.8, 4) is 11.8 Å². The van der Waals surface area contributed by atoms with Crippen LogP contribution in [0.15, 0.2) is 36.9 Å². The monoisotopic (exact) mass is 270 g/mol. The molecule has 0 aliphatic heterocycles. The summed E-state index contributed by atoms with van der Waals surface area (Å²) in [5.41, 5.74) is 1.37. The number of aromatic nitrogens is 3. The first-order valence-corrected chi connectivity index (χ1v) is 6.05. The fourth-order valence-corrected chi connectivity index (χ4v) is 1.60. The number of nitrogens with one attached hydrogen (secondary N) is 1. The third-order valence-electron chi connectivity index (χ3n) is 2.65. The molecule has 6 nitrogen and oxygen atoms in total. The maximum atomic E-state index is 12.1. The Balaban J connectivity index is 2.08. The second-order valence-corrected chi connectivity index (χ2v) is 4.08. The molecule has 102 valence electrons. The van der Waals surface area contributed by atoms with E-state index in [0.717, 1.165) is 5.56 Å². The number of aliphatic hydroxyl groups is 1. The van der Waals surface area contributed by atoms with Gasteiger partial charge in [0.15, 0.2) is 0 Å². The lowest BCUT2D eigenvalue weighted by Crippen LogP contribution is -2.24. The van der Waals surface area contributed by atoms with Crippen molar-refractivity contribution in [2.24, 2.45) is 0 Å². The molecule has 20 heavy (non-hydrogen) atoms. The van der Waals surface area contributed by atoms with Gasteiger partial charge in [0.2, 0.25) is 5.91 Å². The van der Waals surface area contributed by atoms with E-state index in [-0.39, 0.29) is 12.5 Å². The zero-order chi connectivity index (χ0) is 14.4. The normalized spacial score (nSPS) is 11.3. The Hall–Kier alpha value is -2.65. The summed E-state index contributed by atoms with van der Waals surface area (Å²) in [5.74, 6) is 5.15. The zero-order valence-electron chi connectivity index (χ0n) is 10.9. The van der Waals surface area contributed by atoms with E-state index in [2.05, 4.69) is 27.2 Å². The SMILES string of the molecule is CC(C(=O)Nc1cccc(C#CCO)c1)n1cncn1. The van der Waals surface area contributed by atoms with Crippen LogP contribution in [0, 0.1) is 11.8 Å². The maximum absolute atomic E-state index is 12.1. The number of carbonyl (C=O) groups excluding carboxylic acids is 1. The van der Waals surface area contributed by atoms with E-state index in [1.165, 1.54) is 17.3 Å². The third kappa shape index (κ3) is 3.43. The largest absolute Gasteiger partial charge is 0.384 e. The first kappa shape index (κ1) is 13.8. The van der Waals surface area contributed by atoms with Gasteiger partial charge in [-0.15, -0.1) is 0 Å². The molecule has 2 rings (SSSR count). The number of aliphatic hydroxyl groups excluding tert-OH is 1.